The summed E-state index contributed by atoms with van der Waals surface area (Å²) in [6.45, 7) is 0.978. The summed E-state index contributed by atoms with van der Waals surface area (Å²) in [6.07, 6.45) is 0.237. The largest absolute Gasteiger partial charge is 0.332 e. The number of halogens is 2. The van der Waals surface area contributed by atoms with Gasteiger partial charge >= 0.3 is 0 Å². The molecule has 134 valence electrons. The molecule has 2 heterocycles. The second-order valence-corrected chi connectivity index (χ2v) is 7.06. The Morgan fingerprint density at radius 2 is 1.92 bits per heavy atom. The molecule has 0 atom stereocenters. The van der Waals surface area contributed by atoms with Gasteiger partial charge in [-0.05, 0) is 23.8 Å². The molecule has 0 bridgehead atoms. The van der Waals surface area contributed by atoms with Gasteiger partial charge < -0.3 is 4.90 Å². The molecule has 2 saturated heterocycles. The van der Waals surface area contributed by atoms with E-state index in [4.69, 9.17) is 16.4 Å². The highest BCUT2D eigenvalue weighted by atomic mass is 35.5. The minimum atomic E-state index is -0.673. The van der Waals surface area contributed by atoms with Gasteiger partial charge in [0.05, 0.1) is 36.6 Å². The fraction of sp³-hybridized carbons (Fsp3) is 0.263. The van der Waals surface area contributed by atoms with E-state index in [1.807, 2.05) is 30.3 Å². The Labute approximate surface area is 154 Å². The normalized spacial score (nSPS) is 18.3. The van der Waals surface area contributed by atoms with Crippen molar-refractivity contribution < 1.29 is 18.8 Å². The molecule has 2 aliphatic heterocycles. The lowest BCUT2D eigenvalue weighted by Crippen LogP contribution is -2.63. The third-order valence-electron chi connectivity index (χ3n) is 4.63. The van der Waals surface area contributed by atoms with Gasteiger partial charge in [0.1, 0.15) is 11.4 Å². The third-order valence-corrected chi connectivity index (χ3v) is 4.94. The van der Waals surface area contributed by atoms with E-state index in [0.717, 1.165) is 11.6 Å². The molecule has 26 heavy (non-hydrogen) atoms. The minimum Gasteiger partial charge on any atom is -0.332 e. The van der Waals surface area contributed by atoms with Crippen LogP contribution in [0.4, 0.5) is 4.39 Å². The van der Waals surface area contributed by atoms with E-state index in [0.29, 0.717) is 19.6 Å². The molecule has 5 nitrogen and oxygen atoms in total. The Morgan fingerprint density at radius 3 is 2.62 bits per heavy atom. The number of amides is 2. The number of nitrogens with zero attached hydrogens (tertiary/aromatic N) is 2. The SMILES string of the molecule is O=C(c1ccc(F)cc1Cl)N1CC2(CC(=O)N(Cc3ccccc3)O2)C1. The first kappa shape index (κ1) is 17.0. The van der Waals surface area contributed by atoms with Gasteiger partial charge in [0.25, 0.3) is 5.91 Å². The summed E-state index contributed by atoms with van der Waals surface area (Å²) in [5.74, 6) is -0.883. The zero-order valence-electron chi connectivity index (χ0n) is 13.8. The molecule has 0 aromatic heterocycles. The Hall–Kier alpha value is -2.44. The van der Waals surface area contributed by atoms with Crippen molar-refractivity contribution in [3.05, 3.63) is 70.5 Å². The molecule has 7 heteroatoms. The third kappa shape index (κ3) is 3.06. The average molecular weight is 375 g/mol. The predicted octanol–water partition coefficient (Wildman–Crippen LogP) is 3.04. The summed E-state index contributed by atoms with van der Waals surface area (Å²) < 4.78 is 13.1. The molecule has 0 N–H and O–H groups in total. The van der Waals surface area contributed by atoms with E-state index in [2.05, 4.69) is 0 Å². The molecule has 0 radical (unpaired) electrons. The molecule has 1 spiro atoms. The summed E-state index contributed by atoms with van der Waals surface area (Å²) in [7, 11) is 0. The molecule has 0 saturated carbocycles. The quantitative estimate of drug-likeness (QED) is 0.829. The molecule has 2 fully saturated rings. The van der Waals surface area contributed by atoms with Crippen molar-refractivity contribution in [3.63, 3.8) is 0 Å². The molecule has 2 aromatic carbocycles. The lowest BCUT2D eigenvalue weighted by molar-refractivity contribution is -0.233. The summed E-state index contributed by atoms with van der Waals surface area (Å²) in [5.41, 5.74) is 0.547. The van der Waals surface area contributed by atoms with Gasteiger partial charge in [-0.15, -0.1) is 0 Å². The second-order valence-electron chi connectivity index (χ2n) is 6.65. The highest BCUT2D eigenvalue weighted by Crippen LogP contribution is 2.37. The van der Waals surface area contributed by atoms with Crippen LogP contribution in [-0.2, 0) is 16.2 Å². The summed E-state index contributed by atoms with van der Waals surface area (Å²) >= 11 is 5.96. The Morgan fingerprint density at radius 1 is 1.19 bits per heavy atom. The maximum Gasteiger partial charge on any atom is 0.255 e. The molecular weight excluding hydrogens is 359 g/mol. The maximum atomic E-state index is 13.1. The smallest absolute Gasteiger partial charge is 0.255 e. The topological polar surface area (TPSA) is 49.9 Å². The summed E-state index contributed by atoms with van der Waals surface area (Å²) in [5, 5.41) is 1.44. The lowest BCUT2D eigenvalue weighted by Gasteiger charge is -2.45. The van der Waals surface area contributed by atoms with Crippen molar-refractivity contribution in [2.45, 2.75) is 18.6 Å². The highest BCUT2D eigenvalue weighted by Gasteiger charge is 2.54. The number of hydrogen-bond acceptors (Lipinski definition) is 3. The van der Waals surface area contributed by atoms with Gasteiger partial charge in [0.15, 0.2) is 0 Å². The van der Waals surface area contributed by atoms with Crippen LogP contribution in [-0.4, -0.2) is 40.5 Å². The van der Waals surface area contributed by atoms with Crippen molar-refractivity contribution in [2.75, 3.05) is 13.1 Å². The van der Waals surface area contributed by atoms with Gasteiger partial charge in [-0.25, -0.2) is 9.45 Å². The molecule has 2 amide bonds. The Bertz CT molecular complexity index is 868. The minimum absolute atomic E-state index is 0.0741. The van der Waals surface area contributed by atoms with Crippen LogP contribution in [0.15, 0.2) is 48.5 Å². The first-order chi connectivity index (χ1) is 12.5. The second kappa shape index (κ2) is 6.37. The number of rotatable bonds is 3. The maximum absolute atomic E-state index is 13.1. The Balaban J connectivity index is 1.41. The predicted molar refractivity (Wildman–Crippen MR) is 92.7 cm³/mol. The van der Waals surface area contributed by atoms with Gasteiger partial charge in [0.2, 0.25) is 5.91 Å². The zero-order chi connectivity index (χ0) is 18.3. The Kier molecular flexibility index (Phi) is 4.17. The standard InChI is InChI=1S/C19H16ClFN2O3/c20-16-8-14(21)6-7-15(16)18(25)22-11-19(12-22)9-17(24)23(26-19)10-13-4-2-1-3-5-13/h1-8H,9-12H2. The number of benzene rings is 2. The molecule has 4 rings (SSSR count). The van der Waals surface area contributed by atoms with Crippen LogP contribution in [0.2, 0.25) is 5.02 Å². The fourth-order valence-corrected chi connectivity index (χ4v) is 3.59. The zero-order valence-corrected chi connectivity index (χ0v) is 14.6. The van der Waals surface area contributed by atoms with Crippen molar-refractivity contribution in [1.82, 2.24) is 9.96 Å². The number of carbonyl (C=O) groups is 2. The van der Waals surface area contributed by atoms with E-state index >= 15 is 0 Å². The average Bonchev–Trinajstić information content (AvgIpc) is 2.91. The highest BCUT2D eigenvalue weighted by molar-refractivity contribution is 6.33. The number of likely N-dealkylation sites (tertiary alicyclic amines) is 1. The van der Waals surface area contributed by atoms with Gasteiger partial charge in [-0.1, -0.05) is 41.9 Å². The van der Waals surface area contributed by atoms with Crippen molar-refractivity contribution >= 4 is 23.4 Å². The van der Waals surface area contributed by atoms with Crippen LogP contribution in [0.3, 0.4) is 0 Å². The van der Waals surface area contributed by atoms with E-state index in [-0.39, 0.29) is 28.8 Å². The van der Waals surface area contributed by atoms with E-state index in [9.17, 15) is 14.0 Å². The molecule has 2 aliphatic rings. The fourth-order valence-electron chi connectivity index (χ4n) is 3.35. The monoisotopic (exact) mass is 374 g/mol. The van der Waals surface area contributed by atoms with Crippen LogP contribution in [0.5, 0.6) is 0 Å². The van der Waals surface area contributed by atoms with E-state index in [1.54, 1.807) is 4.90 Å². The molecule has 2 aromatic rings. The summed E-state index contributed by atoms with van der Waals surface area (Å²) in [4.78, 5) is 32.2. The van der Waals surface area contributed by atoms with Crippen LogP contribution >= 0.6 is 11.6 Å². The van der Waals surface area contributed by atoms with Gasteiger partial charge in [-0.2, -0.15) is 0 Å². The van der Waals surface area contributed by atoms with Gasteiger partial charge in [-0.3, -0.25) is 14.4 Å². The van der Waals surface area contributed by atoms with Crippen LogP contribution in [0, 0.1) is 5.82 Å². The van der Waals surface area contributed by atoms with Crippen molar-refractivity contribution in [3.8, 4) is 0 Å². The first-order valence-electron chi connectivity index (χ1n) is 8.24. The first-order valence-corrected chi connectivity index (χ1v) is 8.61. The number of hydroxylamine groups is 2. The molecular formula is C19H16ClFN2O3. The van der Waals surface area contributed by atoms with Gasteiger partial charge in [0, 0.05) is 0 Å². The van der Waals surface area contributed by atoms with Crippen LogP contribution in [0.1, 0.15) is 22.3 Å². The van der Waals surface area contributed by atoms with E-state index in [1.165, 1.54) is 17.2 Å². The summed E-state index contributed by atoms with van der Waals surface area (Å²) in [6, 6.07) is 13.3. The molecule has 0 aliphatic carbocycles. The molecule has 0 unspecified atom stereocenters. The van der Waals surface area contributed by atoms with Crippen LogP contribution in [0.25, 0.3) is 0 Å². The van der Waals surface area contributed by atoms with Crippen molar-refractivity contribution in [1.29, 1.82) is 0 Å². The van der Waals surface area contributed by atoms with E-state index < -0.39 is 11.4 Å². The van der Waals surface area contributed by atoms with Crippen LogP contribution < -0.4 is 0 Å². The van der Waals surface area contributed by atoms with Crippen molar-refractivity contribution in [2.24, 2.45) is 0 Å². The lowest BCUT2D eigenvalue weighted by atomic mass is 9.90. The number of hydrogen-bond donors (Lipinski definition) is 0. The number of carbonyl (C=O) groups excluding carboxylic acids is 2.